The van der Waals surface area contributed by atoms with Gasteiger partial charge in [0.1, 0.15) is 11.6 Å². The number of benzene rings is 2. The molecule has 2 aromatic carbocycles. The second-order valence-corrected chi connectivity index (χ2v) is 6.60. The Bertz CT molecular complexity index is 795. The van der Waals surface area contributed by atoms with E-state index in [0.29, 0.717) is 5.56 Å². The highest BCUT2D eigenvalue weighted by Gasteiger charge is 2.46. The molecule has 1 atom stereocenters. The summed E-state index contributed by atoms with van der Waals surface area (Å²) in [4.78, 5) is 10.8. The van der Waals surface area contributed by atoms with Gasteiger partial charge in [0.15, 0.2) is 0 Å². The van der Waals surface area contributed by atoms with Crippen molar-refractivity contribution in [1.82, 2.24) is 0 Å². The number of rotatable bonds is 3. The van der Waals surface area contributed by atoms with Gasteiger partial charge in [-0.05, 0) is 18.2 Å². The van der Waals surface area contributed by atoms with Crippen LogP contribution < -0.4 is 5.46 Å². The van der Waals surface area contributed by atoms with Crippen LogP contribution in [0.4, 0.5) is 14.5 Å². The largest absolute Gasteiger partial charge is 0.500 e. The highest BCUT2D eigenvalue weighted by Crippen LogP contribution is 2.43. The minimum Gasteiger partial charge on any atom is -0.406 e. The van der Waals surface area contributed by atoms with E-state index in [0.717, 1.165) is 12.1 Å². The molecule has 0 spiro atoms. The van der Waals surface area contributed by atoms with Crippen LogP contribution in [0.2, 0.25) is 0 Å². The Morgan fingerprint density at radius 1 is 1.16 bits per heavy atom. The first-order valence-corrected chi connectivity index (χ1v) is 7.75. The van der Waals surface area contributed by atoms with E-state index in [1.54, 1.807) is 18.2 Å². The van der Waals surface area contributed by atoms with E-state index in [1.807, 2.05) is 13.8 Å². The smallest absolute Gasteiger partial charge is 0.406 e. The fourth-order valence-electron chi connectivity index (χ4n) is 2.97. The van der Waals surface area contributed by atoms with Crippen molar-refractivity contribution < 1.29 is 23.0 Å². The highest BCUT2D eigenvalue weighted by atomic mass is 19.1. The van der Waals surface area contributed by atoms with Crippen molar-refractivity contribution in [2.24, 2.45) is 5.41 Å². The van der Waals surface area contributed by atoms with Crippen molar-refractivity contribution in [2.75, 3.05) is 6.61 Å². The summed E-state index contributed by atoms with van der Waals surface area (Å²) >= 11 is 0. The van der Waals surface area contributed by atoms with Crippen molar-refractivity contribution in [1.29, 1.82) is 0 Å². The Morgan fingerprint density at radius 3 is 2.44 bits per heavy atom. The molecule has 8 heteroatoms. The van der Waals surface area contributed by atoms with Crippen LogP contribution in [-0.2, 0) is 9.31 Å². The molecule has 0 N–H and O–H groups in total. The maximum atomic E-state index is 14.1. The summed E-state index contributed by atoms with van der Waals surface area (Å²) < 4.78 is 39.5. The minimum atomic E-state index is -1.28. The Hall–Kier alpha value is -2.32. The molecule has 5 nitrogen and oxygen atoms in total. The van der Waals surface area contributed by atoms with Gasteiger partial charge in [-0.25, -0.2) is 8.78 Å². The Morgan fingerprint density at radius 2 is 1.80 bits per heavy atom. The molecule has 0 amide bonds. The number of nitro groups is 1. The summed E-state index contributed by atoms with van der Waals surface area (Å²) in [6.45, 7) is 3.77. The molecule has 2 aromatic rings. The first-order chi connectivity index (χ1) is 11.8. The van der Waals surface area contributed by atoms with Crippen molar-refractivity contribution in [3.05, 3.63) is 69.8 Å². The molecule has 130 valence electrons. The van der Waals surface area contributed by atoms with Crippen LogP contribution >= 0.6 is 0 Å². The van der Waals surface area contributed by atoms with Gasteiger partial charge in [-0.15, -0.1) is 0 Å². The number of halogens is 2. The third-order valence-corrected chi connectivity index (χ3v) is 4.23. The van der Waals surface area contributed by atoms with Crippen LogP contribution in [-0.4, -0.2) is 18.6 Å². The second kappa shape index (κ2) is 6.53. The van der Waals surface area contributed by atoms with Gasteiger partial charge in [0, 0.05) is 18.1 Å². The van der Waals surface area contributed by atoms with Crippen LogP contribution in [0.1, 0.15) is 25.5 Å². The fraction of sp³-hybridized carbons (Fsp3) is 0.294. The molecule has 25 heavy (non-hydrogen) atoms. The summed E-state index contributed by atoms with van der Waals surface area (Å²) in [7, 11) is -1.28. The van der Waals surface area contributed by atoms with E-state index in [9.17, 15) is 18.9 Å². The SMILES string of the molecule is CC1(C)COB(c2c(F)cccc2F)OC1c1ccccc1[N+](=O)[O-]. The van der Waals surface area contributed by atoms with Crippen molar-refractivity contribution in [2.45, 2.75) is 20.0 Å². The molecular formula is C17H16BF2NO4. The molecule has 1 aliphatic rings. The van der Waals surface area contributed by atoms with E-state index in [2.05, 4.69) is 0 Å². The lowest BCUT2D eigenvalue weighted by molar-refractivity contribution is -0.386. The molecule has 3 rings (SSSR count). The fourth-order valence-corrected chi connectivity index (χ4v) is 2.97. The van der Waals surface area contributed by atoms with Crippen LogP contribution in [0.3, 0.4) is 0 Å². The quantitative estimate of drug-likeness (QED) is 0.485. The van der Waals surface area contributed by atoms with Gasteiger partial charge in [-0.2, -0.15) is 0 Å². The monoisotopic (exact) mass is 347 g/mol. The highest BCUT2D eigenvalue weighted by molar-refractivity contribution is 6.61. The number of nitro benzene ring substituents is 1. The van der Waals surface area contributed by atoms with E-state index in [-0.39, 0.29) is 17.8 Å². The topological polar surface area (TPSA) is 61.6 Å². The molecule has 0 aromatic heterocycles. The van der Waals surface area contributed by atoms with Crippen LogP contribution in [0.5, 0.6) is 0 Å². The normalized spacial score (nSPS) is 19.7. The maximum Gasteiger partial charge on any atom is 0.500 e. The van der Waals surface area contributed by atoms with Gasteiger partial charge in [0.05, 0.1) is 22.1 Å². The van der Waals surface area contributed by atoms with Crippen molar-refractivity contribution >= 4 is 18.3 Å². The second-order valence-electron chi connectivity index (χ2n) is 6.60. The van der Waals surface area contributed by atoms with Crippen molar-refractivity contribution in [3.8, 4) is 0 Å². The van der Waals surface area contributed by atoms with E-state index < -0.39 is 35.2 Å². The van der Waals surface area contributed by atoms with E-state index in [4.69, 9.17) is 9.31 Å². The average Bonchev–Trinajstić information content (AvgIpc) is 2.55. The lowest BCUT2D eigenvalue weighted by atomic mass is 9.71. The van der Waals surface area contributed by atoms with Gasteiger partial charge in [0.2, 0.25) is 0 Å². The molecule has 1 saturated heterocycles. The van der Waals surface area contributed by atoms with Crippen molar-refractivity contribution in [3.63, 3.8) is 0 Å². The molecule has 1 fully saturated rings. The molecule has 1 unspecified atom stereocenters. The predicted octanol–water partition coefficient (Wildman–Crippen LogP) is 3.38. The zero-order chi connectivity index (χ0) is 18.2. The van der Waals surface area contributed by atoms with Gasteiger partial charge in [-0.3, -0.25) is 10.1 Å². The average molecular weight is 347 g/mol. The summed E-state index contributed by atoms with van der Waals surface area (Å²) in [5, 5.41) is 11.3. The summed E-state index contributed by atoms with van der Waals surface area (Å²) in [5.41, 5.74) is -0.705. The molecule has 0 bridgehead atoms. The van der Waals surface area contributed by atoms with Gasteiger partial charge in [0.25, 0.3) is 5.69 Å². The van der Waals surface area contributed by atoms with Gasteiger partial charge in [-0.1, -0.05) is 32.0 Å². The van der Waals surface area contributed by atoms with Crippen LogP contribution in [0.25, 0.3) is 0 Å². The number of nitrogens with zero attached hydrogens (tertiary/aromatic N) is 1. The molecule has 0 saturated carbocycles. The summed E-state index contributed by atoms with van der Waals surface area (Å²) in [6, 6.07) is 9.67. The molecule has 1 aliphatic heterocycles. The Labute approximate surface area is 143 Å². The Kier molecular flexibility index (Phi) is 4.57. The van der Waals surface area contributed by atoms with Crippen LogP contribution in [0, 0.1) is 27.2 Å². The lowest BCUT2D eigenvalue weighted by Gasteiger charge is -2.41. The standard InChI is InChI=1S/C17H16BF2NO4/c1-17(2)10-24-18(15-12(19)7-5-8-13(15)20)25-16(17)11-6-3-4-9-14(11)21(22)23/h3-9,16H,10H2,1-2H3. The number of hydrogen-bond donors (Lipinski definition) is 0. The first-order valence-electron chi connectivity index (χ1n) is 7.75. The van der Waals surface area contributed by atoms with E-state index in [1.165, 1.54) is 12.1 Å². The molecule has 0 radical (unpaired) electrons. The number of para-hydroxylation sites is 1. The third kappa shape index (κ3) is 3.27. The summed E-state index contributed by atoms with van der Waals surface area (Å²) in [6.07, 6.45) is -0.758. The molecule has 1 heterocycles. The third-order valence-electron chi connectivity index (χ3n) is 4.23. The number of hydrogen-bond acceptors (Lipinski definition) is 4. The van der Waals surface area contributed by atoms with E-state index >= 15 is 0 Å². The lowest BCUT2D eigenvalue weighted by Crippen LogP contribution is -2.51. The summed E-state index contributed by atoms with van der Waals surface area (Å²) in [5.74, 6) is -1.57. The zero-order valence-electron chi connectivity index (χ0n) is 13.7. The molecular weight excluding hydrogens is 331 g/mol. The maximum absolute atomic E-state index is 14.1. The predicted molar refractivity (Wildman–Crippen MR) is 88.4 cm³/mol. The zero-order valence-corrected chi connectivity index (χ0v) is 13.7. The molecule has 0 aliphatic carbocycles. The van der Waals surface area contributed by atoms with Gasteiger partial charge >= 0.3 is 7.12 Å². The van der Waals surface area contributed by atoms with Gasteiger partial charge < -0.3 is 9.31 Å². The van der Waals surface area contributed by atoms with Crippen LogP contribution in [0.15, 0.2) is 42.5 Å². The Balaban J connectivity index is 2.02. The minimum absolute atomic E-state index is 0.102. The first kappa shape index (κ1) is 17.5.